The van der Waals surface area contributed by atoms with Gasteiger partial charge in [-0.2, -0.15) is 13.2 Å². The number of aliphatic imine (C=N–C) groups is 1. The van der Waals surface area contributed by atoms with Gasteiger partial charge in [0, 0.05) is 18.5 Å². The molecule has 0 aliphatic carbocycles. The van der Waals surface area contributed by atoms with Gasteiger partial charge < -0.3 is 14.4 Å². The van der Waals surface area contributed by atoms with Crippen molar-refractivity contribution in [1.82, 2.24) is 19.4 Å². The van der Waals surface area contributed by atoms with E-state index in [0.717, 1.165) is 22.8 Å². The molecular weight excluding hydrogens is 467 g/mol. The van der Waals surface area contributed by atoms with Crippen LogP contribution < -0.4 is 16.6 Å². The molecule has 2 aromatic rings. The van der Waals surface area contributed by atoms with Crippen molar-refractivity contribution in [2.45, 2.75) is 39.2 Å². The van der Waals surface area contributed by atoms with E-state index < -0.39 is 29.6 Å². The Morgan fingerprint density at radius 3 is 2.61 bits per heavy atom. The van der Waals surface area contributed by atoms with Crippen LogP contribution in [0.15, 0.2) is 14.6 Å². The van der Waals surface area contributed by atoms with E-state index in [4.69, 9.17) is 4.74 Å². The Labute approximate surface area is 190 Å². The number of hydrogen-bond acceptors (Lipinski definition) is 8. The summed E-state index contributed by atoms with van der Waals surface area (Å²) in [6.45, 7) is 3.62. The Hall–Kier alpha value is -2.87. The highest BCUT2D eigenvalue weighted by Gasteiger charge is 2.40. The van der Waals surface area contributed by atoms with Gasteiger partial charge in [-0.05, 0) is 19.4 Å². The quantitative estimate of drug-likeness (QED) is 0.661. The Bertz CT molecular complexity index is 1200. The van der Waals surface area contributed by atoms with Crippen molar-refractivity contribution in [3.05, 3.63) is 31.3 Å². The minimum atomic E-state index is -4.77. The summed E-state index contributed by atoms with van der Waals surface area (Å²) in [5, 5.41) is 2.57. The van der Waals surface area contributed by atoms with Crippen molar-refractivity contribution in [2.24, 2.45) is 4.99 Å². The highest BCUT2D eigenvalue weighted by molar-refractivity contribution is 7.18. The third-order valence-electron chi connectivity index (χ3n) is 5.39. The molecule has 3 rings (SSSR count). The normalized spacial score (nSPS) is 15.1. The molecule has 0 saturated heterocycles. The molecule has 1 N–H and O–H groups in total. The van der Waals surface area contributed by atoms with Crippen LogP contribution in [0.3, 0.4) is 0 Å². The number of methoxy groups -OCH3 is 2. The number of thiophene rings is 1. The standard InChI is InChI=1S/C19H24F3N5O5S/c1-10-12(9-25-6-5-23-16(25)24-17(29)32-4)33-15-13(10)14(28)27(11(2)19(20,21)22)18(30)26(15)7-8-31-3/h11H,5-9H2,1-4H3,(H,23,24,29). The third-order valence-corrected chi connectivity index (χ3v) is 6.69. The number of halogens is 3. The van der Waals surface area contributed by atoms with E-state index in [2.05, 4.69) is 15.0 Å². The molecule has 1 aliphatic rings. The van der Waals surface area contributed by atoms with Crippen molar-refractivity contribution in [3.8, 4) is 0 Å². The molecule has 0 spiro atoms. The van der Waals surface area contributed by atoms with Gasteiger partial charge in [0.25, 0.3) is 5.56 Å². The molecule has 0 aromatic carbocycles. The summed E-state index contributed by atoms with van der Waals surface area (Å²) in [6, 6.07) is -2.29. The summed E-state index contributed by atoms with van der Waals surface area (Å²) in [5.41, 5.74) is -1.56. The first kappa shape index (κ1) is 24.8. The zero-order valence-electron chi connectivity index (χ0n) is 18.5. The molecule has 10 nitrogen and oxygen atoms in total. The van der Waals surface area contributed by atoms with Crippen LogP contribution in [0.25, 0.3) is 10.2 Å². The van der Waals surface area contributed by atoms with E-state index in [-0.39, 0.29) is 34.5 Å². The number of alkyl carbamates (subject to hydrolysis) is 1. The molecule has 2 aromatic heterocycles. The fraction of sp³-hybridized carbons (Fsp3) is 0.579. The number of fused-ring (bicyclic) bond motifs is 1. The second kappa shape index (κ2) is 9.55. The zero-order valence-corrected chi connectivity index (χ0v) is 19.3. The first-order valence-corrected chi connectivity index (χ1v) is 10.8. The Morgan fingerprint density at radius 1 is 1.30 bits per heavy atom. The molecule has 14 heteroatoms. The predicted octanol–water partition coefficient (Wildman–Crippen LogP) is 1.83. The fourth-order valence-corrected chi connectivity index (χ4v) is 4.83. The van der Waals surface area contributed by atoms with Gasteiger partial charge in [-0.25, -0.2) is 14.2 Å². The lowest BCUT2D eigenvalue weighted by molar-refractivity contribution is -0.164. The van der Waals surface area contributed by atoms with Gasteiger partial charge in [-0.15, -0.1) is 11.3 Å². The van der Waals surface area contributed by atoms with E-state index in [9.17, 15) is 27.6 Å². The van der Waals surface area contributed by atoms with Crippen LogP contribution in [0.2, 0.25) is 0 Å². The van der Waals surface area contributed by atoms with Gasteiger partial charge >= 0.3 is 18.0 Å². The van der Waals surface area contributed by atoms with Crippen molar-refractivity contribution < 1.29 is 27.4 Å². The summed E-state index contributed by atoms with van der Waals surface area (Å²) >= 11 is 1.14. The maximum absolute atomic E-state index is 13.4. The molecule has 3 heterocycles. The molecule has 1 amide bonds. The van der Waals surface area contributed by atoms with Crippen molar-refractivity contribution in [2.75, 3.05) is 33.9 Å². The number of rotatable bonds is 6. The number of guanidine groups is 1. The van der Waals surface area contributed by atoms with Gasteiger partial charge in [-0.3, -0.25) is 19.7 Å². The molecule has 0 bridgehead atoms. The summed E-state index contributed by atoms with van der Waals surface area (Å²) in [4.78, 5) is 44.5. The first-order valence-electron chi connectivity index (χ1n) is 9.98. The van der Waals surface area contributed by atoms with Crippen LogP contribution in [0.1, 0.15) is 23.4 Å². The maximum atomic E-state index is 13.4. The third kappa shape index (κ3) is 4.76. The molecule has 1 aliphatic heterocycles. The summed E-state index contributed by atoms with van der Waals surface area (Å²) < 4.78 is 51.3. The lowest BCUT2D eigenvalue weighted by Gasteiger charge is -2.19. The van der Waals surface area contributed by atoms with Crippen molar-refractivity contribution in [3.63, 3.8) is 0 Å². The number of hydrogen-bond donors (Lipinski definition) is 1. The van der Waals surface area contributed by atoms with Crippen LogP contribution >= 0.6 is 11.3 Å². The van der Waals surface area contributed by atoms with Crippen LogP contribution in [-0.2, 0) is 22.6 Å². The monoisotopic (exact) mass is 491 g/mol. The molecule has 0 fully saturated rings. The maximum Gasteiger partial charge on any atom is 0.413 e. The van der Waals surface area contributed by atoms with Gasteiger partial charge in [-0.1, -0.05) is 0 Å². The number of aryl methyl sites for hydroxylation is 1. The van der Waals surface area contributed by atoms with E-state index in [1.165, 1.54) is 14.2 Å². The van der Waals surface area contributed by atoms with E-state index >= 15 is 0 Å². The second-order valence-electron chi connectivity index (χ2n) is 7.39. The van der Waals surface area contributed by atoms with Gasteiger partial charge in [0.05, 0.1) is 38.7 Å². The Morgan fingerprint density at radius 2 is 2.00 bits per heavy atom. The number of carbonyl (C=O) groups is 1. The van der Waals surface area contributed by atoms with Gasteiger partial charge in [0.15, 0.2) is 0 Å². The molecule has 1 unspecified atom stereocenters. The Balaban J connectivity index is 2.13. The minimum Gasteiger partial charge on any atom is -0.453 e. The van der Waals surface area contributed by atoms with Gasteiger partial charge in [0.2, 0.25) is 5.96 Å². The average Bonchev–Trinajstić information content (AvgIpc) is 3.31. The summed E-state index contributed by atoms with van der Waals surface area (Å²) in [5.74, 6) is 0.290. The van der Waals surface area contributed by atoms with Crippen molar-refractivity contribution >= 4 is 33.6 Å². The van der Waals surface area contributed by atoms with E-state index in [1.807, 2.05) is 0 Å². The molecule has 182 valence electrons. The minimum absolute atomic E-state index is 0.0175. The predicted molar refractivity (Wildman–Crippen MR) is 116 cm³/mol. The van der Waals surface area contributed by atoms with E-state index in [1.54, 1.807) is 11.8 Å². The second-order valence-corrected chi connectivity index (χ2v) is 8.48. The number of aromatic nitrogens is 2. The van der Waals surface area contributed by atoms with Gasteiger partial charge in [0.1, 0.15) is 10.9 Å². The molecule has 1 atom stereocenters. The smallest absolute Gasteiger partial charge is 0.413 e. The zero-order chi connectivity index (χ0) is 24.5. The van der Waals surface area contributed by atoms with Crippen LogP contribution in [0.4, 0.5) is 18.0 Å². The number of ether oxygens (including phenoxy) is 2. The number of amides is 1. The highest BCUT2D eigenvalue weighted by Crippen LogP contribution is 2.32. The molecule has 33 heavy (non-hydrogen) atoms. The average molecular weight is 491 g/mol. The SMILES string of the molecule is COCCn1c(=O)n(C(C)C(F)(F)F)c(=O)c2c(C)c(CN3CCN=C3NC(=O)OC)sc21. The summed E-state index contributed by atoms with van der Waals surface area (Å²) in [6.07, 6.45) is -5.46. The lowest BCUT2D eigenvalue weighted by atomic mass is 10.2. The number of nitrogens with one attached hydrogen (secondary N) is 1. The largest absolute Gasteiger partial charge is 0.453 e. The van der Waals surface area contributed by atoms with Crippen LogP contribution in [0.5, 0.6) is 0 Å². The van der Waals surface area contributed by atoms with Crippen LogP contribution in [-0.4, -0.2) is 66.2 Å². The first-order chi connectivity index (χ1) is 15.5. The number of carbonyl (C=O) groups excluding carboxylic acids is 1. The molecule has 0 radical (unpaired) electrons. The number of nitrogens with zero attached hydrogens (tertiary/aromatic N) is 4. The van der Waals surface area contributed by atoms with E-state index in [0.29, 0.717) is 29.5 Å². The van der Waals surface area contributed by atoms with Crippen LogP contribution in [0, 0.1) is 6.92 Å². The topological polar surface area (TPSA) is 107 Å². The summed E-state index contributed by atoms with van der Waals surface area (Å²) in [7, 11) is 2.63. The fourth-order valence-electron chi connectivity index (χ4n) is 3.50. The molecular formula is C19H24F3N5O5S. The number of alkyl halides is 3. The highest BCUT2D eigenvalue weighted by atomic mass is 32.1. The lowest BCUT2D eigenvalue weighted by Crippen LogP contribution is -2.45. The molecule has 0 saturated carbocycles. The Kier molecular flexibility index (Phi) is 7.17. The van der Waals surface area contributed by atoms with Crippen molar-refractivity contribution in [1.29, 1.82) is 0 Å².